The summed E-state index contributed by atoms with van der Waals surface area (Å²) < 4.78 is 16.5. The number of benzene rings is 2. The zero-order valence-electron chi connectivity index (χ0n) is 14.4. The molecule has 0 aliphatic heterocycles. The highest BCUT2D eigenvalue weighted by molar-refractivity contribution is 7.15. The number of nitrogen functional groups attached to an aromatic ring is 1. The number of ether oxygens (including phenoxy) is 3. The van der Waals surface area contributed by atoms with Gasteiger partial charge < -0.3 is 19.9 Å². The molecule has 130 valence electrons. The van der Waals surface area contributed by atoms with Crippen LogP contribution in [-0.2, 0) is 6.61 Å². The number of anilines is 1. The van der Waals surface area contributed by atoms with Gasteiger partial charge in [-0.3, -0.25) is 0 Å². The van der Waals surface area contributed by atoms with Crippen molar-refractivity contribution in [2.75, 3.05) is 20.0 Å². The van der Waals surface area contributed by atoms with Crippen LogP contribution >= 0.6 is 11.3 Å². The monoisotopic (exact) mass is 356 g/mol. The van der Waals surface area contributed by atoms with Crippen molar-refractivity contribution in [3.8, 4) is 27.8 Å². The molecule has 3 aromatic rings. The standard InChI is InChI=1S/C19H20N2O3S/c1-12-18(11-24-15-6-4-14(20)5-7-15)25-19(21-12)13-8-16(22-2)10-17(9-13)23-3/h4-10H,11,20H2,1-3H3. The Bertz CT molecular complexity index is 837. The molecule has 2 N–H and O–H groups in total. The van der Waals surface area contributed by atoms with Gasteiger partial charge in [0.05, 0.1) is 24.8 Å². The largest absolute Gasteiger partial charge is 0.497 e. The van der Waals surface area contributed by atoms with E-state index in [4.69, 9.17) is 19.9 Å². The molecule has 0 saturated heterocycles. The van der Waals surface area contributed by atoms with Crippen LogP contribution in [0.1, 0.15) is 10.6 Å². The number of hydrogen-bond acceptors (Lipinski definition) is 6. The Kier molecular flexibility index (Phi) is 5.09. The highest BCUT2D eigenvalue weighted by atomic mass is 32.1. The number of aromatic nitrogens is 1. The Balaban J connectivity index is 1.81. The molecule has 0 unspecified atom stereocenters. The first-order chi connectivity index (χ1) is 12.1. The Morgan fingerprint density at radius 1 is 0.960 bits per heavy atom. The predicted molar refractivity (Wildman–Crippen MR) is 101 cm³/mol. The second kappa shape index (κ2) is 7.44. The molecule has 0 spiro atoms. The van der Waals surface area contributed by atoms with E-state index >= 15 is 0 Å². The molecule has 0 saturated carbocycles. The molecule has 0 amide bonds. The summed E-state index contributed by atoms with van der Waals surface area (Å²) in [6.45, 7) is 2.45. The van der Waals surface area contributed by atoms with Crippen LogP contribution < -0.4 is 19.9 Å². The number of nitrogens with two attached hydrogens (primary N) is 1. The lowest BCUT2D eigenvalue weighted by atomic mass is 10.2. The Labute approximate surface area is 151 Å². The van der Waals surface area contributed by atoms with Gasteiger partial charge in [0, 0.05) is 17.3 Å². The molecular formula is C19H20N2O3S. The number of rotatable bonds is 6. The van der Waals surface area contributed by atoms with Gasteiger partial charge in [0.15, 0.2) is 0 Å². The van der Waals surface area contributed by atoms with Crippen LogP contribution in [0, 0.1) is 6.92 Å². The zero-order chi connectivity index (χ0) is 17.8. The van der Waals surface area contributed by atoms with Crippen LogP contribution in [0.2, 0.25) is 0 Å². The van der Waals surface area contributed by atoms with Crippen molar-refractivity contribution in [1.82, 2.24) is 4.98 Å². The van der Waals surface area contributed by atoms with Crippen LogP contribution in [0.5, 0.6) is 17.2 Å². The maximum atomic E-state index is 5.83. The quantitative estimate of drug-likeness (QED) is 0.667. The first-order valence-electron chi connectivity index (χ1n) is 7.77. The van der Waals surface area contributed by atoms with Crippen molar-refractivity contribution >= 4 is 17.0 Å². The first kappa shape index (κ1) is 17.1. The van der Waals surface area contributed by atoms with Crippen molar-refractivity contribution in [3.63, 3.8) is 0 Å². The molecule has 0 aliphatic carbocycles. The lowest BCUT2D eigenvalue weighted by Crippen LogP contribution is -1.95. The Morgan fingerprint density at radius 3 is 2.20 bits per heavy atom. The van der Waals surface area contributed by atoms with Gasteiger partial charge in [-0.2, -0.15) is 0 Å². The molecule has 2 aromatic carbocycles. The van der Waals surface area contributed by atoms with Crippen molar-refractivity contribution in [3.05, 3.63) is 53.0 Å². The van der Waals surface area contributed by atoms with E-state index in [1.54, 1.807) is 25.6 Å². The summed E-state index contributed by atoms with van der Waals surface area (Å²) in [6, 6.07) is 13.1. The van der Waals surface area contributed by atoms with E-state index in [1.807, 2.05) is 49.4 Å². The molecule has 3 rings (SSSR count). The minimum Gasteiger partial charge on any atom is -0.497 e. The van der Waals surface area contributed by atoms with E-state index in [0.717, 1.165) is 44.1 Å². The number of aryl methyl sites for hydroxylation is 1. The van der Waals surface area contributed by atoms with Gasteiger partial charge in [0.2, 0.25) is 0 Å². The average molecular weight is 356 g/mol. The van der Waals surface area contributed by atoms with Gasteiger partial charge in [-0.05, 0) is 43.3 Å². The number of thiazole rings is 1. The summed E-state index contributed by atoms with van der Waals surface area (Å²) in [5.74, 6) is 2.26. The van der Waals surface area contributed by atoms with Crippen LogP contribution in [0.3, 0.4) is 0 Å². The third-order valence-electron chi connectivity index (χ3n) is 3.74. The van der Waals surface area contributed by atoms with Gasteiger partial charge >= 0.3 is 0 Å². The first-order valence-corrected chi connectivity index (χ1v) is 8.59. The van der Waals surface area contributed by atoms with Crippen molar-refractivity contribution < 1.29 is 14.2 Å². The number of hydrogen-bond donors (Lipinski definition) is 1. The third-order valence-corrected chi connectivity index (χ3v) is 4.92. The fraction of sp³-hybridized carbons (Fsp3) is 0.211. The topological polar surface area (TPSA) is 66.6 Å². The third kappa shape index (κ3) is 4.03. The van der Waals surface area contributed by atoms with E-state index in [2.05, 4.69) is 4.98 Å². The average Bonchev–Trinajstić information content (AvgIpc) is 3.01. The lowest BCUT2D eigenvalue weighted by Gasteiger charge is -2.06. The highest BCUT2D eigenvalue weighted by Crippen LogP contribution is 2.34. The summed E-state index contributed by atoms with van der Waals surface area (Å²) in [5, 5.41) is 0.908. The predicted octanol–water partition coefficient (Wildman–Crippen LogP) is 4.30. The Morgan fingerprint density at radius 2 is 1.60 bits per heavy atom. The van der Waals surface area contributed by atoms with Crippen molar-refractivity contribution in [2.24, 2.45) is 0 Å². The molecule has 5 nitrogen and oxygen atoms in total. The second-order valence-corrected chi connectivity index (χ2v) is 6.57. The van der Waals surface area contributed by atoms with Crippen molar-refractivity contribution in [1.29, 1.82) is 0 Å². The summed E-state index contributed by atoms with van der Waals surface area (Å²) in [7, 11) is 3.27. The molecule has 1 heterocycles. The number of methoxy groups -OCH3 is 2. The van der Waals surface area contributed by atoms with Crippen LogP contribution in [0.25, 0.3) is 10.6 Å². The van der Waals surface area contributed by atoms with Crippen LogP contribution in [0.15, 0.2) is 42.5 Å². The molecule has 25 heavy (non-hydrogen) atoms. The minimum absolute atomic E-state index is 0.467. The van der Waals surface area contributed by atoms with Gasteiger partial charge in [-0.25, -0.2) is 4.98 Å². The van der Waals surface area contributed by atoms with Crippen LogP contribution in [0.4, 0.5) is 5.69 Å². The summed E-state index contributed by atoms with van der Waals surface area (Å²) in [4.78, 5) is 5.74. The zero-order valence-corrected chi connectivity index (χ0v) is 15.2. The fourth-order valence-corrected chi connectivity index (χ4v) is 3.29. The summed E-state index contributed by atoms with van der Waals surface area (Å²) >= 11 is 1.60. The van der Waals surface area contributed by atoms with Gasteiger partial charge in [-0.1, -0.05) is 0 Å². The van der Waals surface area contributed by atoms with Gasteiger partial charge in [0.1, 0.15) is 28.9 Å². The van der Waals surface area contributed by atoms with E-state index < -0.39 is 0 Å². The van der Waals surface area contributed by atoms with E-state index in [9.17, 15) is 0 Å². The van der Waals surface area contributed by atoms with Crippen LogP contribution in [-0.4, -0.2) is 19.2 Å². The Hall–Kier alpha value is -2.73. The molecular weight excluding hydrogens is 336 g/mol. The normalized spacial score (nSPS) is 10.5. The number of nitrogens with zero attached hydrogens (tertiary/aromatic N) is 1. The summed E-state index contributed by atoms with van der Waals surface area (Å²) in [5.41, 5.74) is 8.32. The smallest absolute Gasteiger partial charge is 0.124 e. The fourth-order valence-electron chi connectivity index (χ4n) is 2.33. The van der Waals surface area contributed by atoms with E-state index in [-0.39, 0.29) is 0 Å². The molecule has 6 heteroatoms. The maximum Gasteiger partial charge on any atom is 0.124 e. The minimum atomic E-state index is 0.467. The van der Waals surface area contributed by atoms with E-state index in [1.165, 1.54) is 0 Å². The van der Waals surface area contributed by atoms with E-state index in [0.29, 0.717) is 6.61 Å². The molecule has 0 aliphatic rings. The summed E-state index contributed by atoms with van der Waals surface area (Å²) in [6.07, 6.45) is 0. The molecule has 0 fully saturated rings. The van der Waals surface area contributed by atoms with Crippen molar-refractivity contribution in [2.45, 2.75) is 13.5 Å². The molecule has 0 bridgehead atoms. The lowest BCUT2D eigenvalue weighted by molar-refractivity contribution is 0.309. The molecule has 0 atom stereocenters. The molecule has 0 radical (unpaired) electrons. The second-order valence-electron chi connectivity index (χ2n) is 5.49. The van der Waals surface area contributed by atoms with Gasteiger partial charge in [-0.15, -0.1) is 11.3 Å². The maximum absolute atomic E-state index is 5.83. The SMILES string of the molecule is COc1cc(OC)cc(-c2nc(C)c(COc3ccc(N)cc3)s2)c1. The van der Waals surface area contributed by atoms with Gasteiger partial charge in [0.25, 0.3) is 0 Å². The molecule has 1 aromatic heterocycles. The highest BCUT2D eigenvalue weighted by Gasteiger charge is 2.12.